The predicted octanol–water partition coefficient (Wildman–Crippen LogP) is 2.43. The summed E-state index contributed by atoms with van der Waals surface area (Å²) in [4.78, 5) is 9.61. The molecule has 1 aromatic carbocycles. The smallest absolute Gasteiger partial charge is 0.169 e. The van der Waals surface area contributed by atoms with Gasteiger partial charge in [-0.15, -0.1) is 11.3 Å². The highest BCUT2D eigenvalue weighted by molar-refractivity contribution is 7.16. The lowest BCUT2D eigenvalue weighted by molar-refractivity contribution is 0.296. The number of nitrogens with zero attached hydrogens (tertiary/aromatic N) is 3. The van der Waals surface area contributed by atoms with Crippen LogP contribution in [-0.4, -0.2) is 9.97 Å². The van der Waals surface area contributed by atoms with Crippen LogP contribution in [0.1, 0.15) is 11.4 Å². The zero-order valence-corrected chi connectivity index (χ0v) is 11.7. The van der Waals surface area contributed by atoms with E-state index in [1.807, 2.05) is 11.4 Å². The first kappa shape index (κ1) is 13.3. The van der Waals surface area contributed by atoms with Gasteiger partial charge in [0.1, 0.15) is 17.2 Å². The third kappa shape index (κ3) is 2.76. The number of thiophene rings is 1. The van der Waals surface area contributed by atoms with E-state index in [0.717, 1.165) is 10.2 Å². The zero-order valence-electron chi connectivity index (χ0n) is 10.9. The van der Waals surface area contributed by atoms with Gasteiger partial charge >= 0.3 is 0 Å². The van der Waals surface area contributed by atoms with Crippen LogP contribution in [0.15, 0.2) is 35.7 Å². The molecule has 2 heterocycles. The molecular formula is C14H11N5OS. The number of nitrogen functional groups attached to an aromatic ring is 1. The monoisotopic (exact) mass is 297 g/mol. The van der Waals surface area contributed by atoms with Crippen LogP contribution in [0.4, 0.5) is 5.82 Å². The number of rotatable bonds is 4. The maximum absolute atomic E-state index is 8.75. The largest absolute Gasteiger partial charge is 0.486 e. The quantitative estimate of drug-likeness (QED) is 0.567. The maximum Gasteiger partial charge on any atom is 0.169 e. The second-order valence-electron chi connectivity index (χ2n) is 4.20. The third-order valence-corrected chi connectivity index (χ3v) is 3.67. The Morgan fingerprint density at radius 3 is 2.76 bits per heavy atom. The summed E-state index contributed by atoms with van der Waals surface area (Å²) in [6.07, 6.45) is 0. The number of hydrogen-bond acceptors (Lipinski definition) is 7. The van der Waals surface area contributed by atoms with Crippen molar-refractivity contribution in [3.63, 3.8) is 0 Å². The Bertz CT molecular complexity index is 806. The van der Waals surface area contributed by atoms with E-state index in [2.05, 4.69) is 21.5 Å². The van der Waals surface area contributed by atoms with Crippen LogP contribution >= 0.6 is 11.3 Å². The minimum atomic E-state index is 0.231. The number of ether oxygens (including phenoxy) is 1. The number of anilines is 1. The van der Waals surface area contributed by atoms with Gasteiger partial charge in [0.15, 0.2) is 11.6 Å². The highest BCUT2D eigenvalue weighted by Gasteiger charge is 2.08. The van der Waals surface area contributed by atoms with E-state index in [9.17, 15) is 0 Å². The fourth-order valence-electron chi connectivity index (χ4n) is 1.85. The van der Waals surface area contributed by atoms with Gasteiger partial charge in [-0.3, -0.25) is 0 Å². The van der Waals surface area contributed by atoms with Gasteiger partial charge in [-0.05, 0) is 35.7 Å². The van der Waals surface area contributed by atoms with Crippen molar-refractivity contribution in [3.05, 3.63) is 47.1 Å². The molecular weight excluding hydrogens is 286 g/mol. The van der Waals surface area contributed by atoms with Crippen LogP contribution in [0, 0.1) is 11.3 Å². The number of nitrogens with two attached hydrogens (primary N) is 1. The molecule has 21 heavy (non-hydrogen) atoms. The minimum absolute atomic E-state index is 0.231. The molecule has 3 rings (SSSR count). The average Bonchev–Trinajstić information content (AvgIpc) is 3.01. The fourth-order valence-corrected chi connectivity index (χ4v) is 2.63. The van der Waals surface area contributed by atoms with E-state index in [4.69, 9.17) is 15.8 Å². The molecule has 7 heteroatoms. The highest BCUT2D eigenvalue weighted by Crippen LogP contribution is 2.24. The normalized spacial score (nSPS) is 10.3. The Kier molecular flexibility index (Phi) is 3.64. The van der Waals surface area contributed by atoms with Gasteiger partial charge in [0, 0.05) is 0 Å². The van der Waals surface area contributed by atoms with Gasteiger partial charge < -0.3 is 10.2 Å². The summed E-state index contributed by atoms with van der Waals surface area (Å²) in [7, 11) is 0. The molecule has 6 nitrogen and oxygen atoms in total. The number of benzene rings is 1. The lowest BCUT2D eigenvalue weighted by Gasteiger charge is -2.07. The predicted molar refractivity (Wildman–Crippen MR) is 80.7 cm³/mol. The van der Waals surface area contributed by atoms with Gasteiger partial charge in [-0.25, -0.2) is 15.8 Å². The molecule has 0 saturated heterocycles. The van der Waals surface area contributed by atoms with E-state index in [0.29, 0.717) is 23.0 Å². The summed E-state index contributed by atoms with van der Waals surface area (Å²) in [6.45, 7) is 0.231. The summed E-state index contributed by atoms with van der Waals surface area (Å²) >= 11 is 1.52. The molecule has 0 unspecified atom stereocenters. The van der Waals surface area contributed by atoms with E-state index in [1.165, 1.54) is 11.3 Å². The van der Waals surface area contributed by atoms with Crippen LogP contribution < -0.4 is 16.0 Å². The summed E-state index contributed by atoms with van der Waals surface area (Å²) < 4.78 is 5.62. The molecule has 0 aliphatic rings. The first-order valence-corrected chi connectivity index (χ1v) is 7.02. The van der Waals surface area contributed by atoms with E-state index >= 15 is 0 Å². The van der Waals surface area contributed by atoms with E-state index in [-0.39, 0.29) is 6.61 Å². The molecule has 0 aliphatic carbocycles. The van der Waals surface area contributed by atoms with Crippen LogP contribution in [0.3, 0.4) is 0 Å². The van der Waals surface area contributed by atoms with Crippen LogP contribution in [0.25, 0.3) is 10.2 Å². The van der Waals surface area contributed by atoms with Crippen molar-refractivity contribution in [2.45, 2.75) is 6.61 Å². The molecule has 0 radical (unpaired) electrons. The molecule has 3 N–H and O–H groups in total. The number of fused-ring (bicyclic) bond motifs is 1. The lowest BCUT2D eigenvalue weighted by Crippen LogP contribution is -2.11. The molecule has 3 aromatic rings. The fraction of sp³-hybridized carbons (Fsp3) is 0.0714. The summed E-state index contributed by atoms with van der Waals surface area (Å²) in [5.41, 5.74) is 3.16. The van der Waals surface area contributed by atoms with Crippen molar-refractivity contribution in [2.75, 3.05) is 5.43 Å². The number of aromatic nitrogens is 2. The van der Waals surface area contributed by atoms with Crippen molar-refractivity contribution in [2.24, 2.45) is 5.84 Å². The molecule has 2 aromatic heterocycles. The van der Waals surface area contributed by atoms with E-state index in [1.54, 1.807) is 24.3 Å². The number of hydrazine groups is 1. The van der Waals surface area contributed by atoms with Crippen molar-refractivity contribution >= 4 is 27.4 Å². The molecule has 0 atom stereocenters. The maximum atomic E-state index is 8.75. The standard InChI is InChI=1S/C14H11N5OS/c15-7-9-1-3-10(4-2-9)20-8-12-17-13(19-16)11-5-6-21-14(11)18-12/h1-6H,8,16H2,(H,17,18,19). The van der Waals surface area contributed by atoms with Crippen molar-refractivity contribution < 1.29 is 4.74 Å². The van der Waals surface area contributed by atoms with Gasteiger partial charge in [0.2, 0.25) is 0 Å². The molecule has 0 saturated carbocycles. The Balaban J connectivity index is 1.79. The van der Waals surface area contributed by atoms with Gasteiger partial charge in [0.05, 0.1) is 17.0 Å². The summed E-state index contributed by atoms with van der Waals surface area (Å²) in [5.74, 6) is 7.26. The Hall–Kier alpha value is -2.69. The van der Waals surface area contributed by atoms with Gasteiger partial charge in [-0.1, -0.05) is 0 Å². The molecule has 0 bridgehead atoms. The minimum Gasteiger partial charge on any atom is -0.486 e. The summed E-state index contributed by atoms with van der Waals surface area (Å²) in [5, 5.41) is 11.6. The van der Waals surface area contributed by atoms with Gasteiger partial charge in [-0.2, -0.15) is 5.26 Å². The molecule has 104 valence electrons. The third-order valence-electron chi connectivity index (χ3n) is 2.86. The highest BCUT2D eigenvalue weighted by atomic mass is 32.1. The summed E-state index contributed by atoms with van der Waals surface area (Å²) in [6, 6.07) is 10.9. The molecule has 0 aliphatic heterocycles. The second-order valence-corrected chi connectivity index (χ2v) is 5.09. The molecule has 0 spiro atoms. The number of nitriles is 1. The van der Waals surface area contributed by atoms with Crippen molar-refractivity contribution in [3.8, 4) is 11.8 Å². The van der Waals surface area contributed by atoms with Gasteiger partial charge in [0.25, 0.3) is 0 Å². The number of nitrogens with one attached hydrogen (secondary N) is 1. The molecule has 0 amide bonds. The van der Waals surface area contributed by atoms with Crippen molar-refractivity contribution in [1.82, 2.24) is 9.97 Å². The molecule has 0 fully saturated rings. The van der Waals surface area contributed by atoms with Crippen LogP contribution in [-0.2, 0) is 6.61 Å². The average molecular weight is 297 g/mol. The number of hydrogen-bond donors (Lipinski definition) is 2. The van der Waals surface area contributed by atoms with Crippen molar-refractivity contribution in [1.29, 1.82) is 5.26 Å². The Morgan fingerprint density at radius 2 is 2.05 bits per heavy atom. The topological polar surface area (TPSA) is 96.8 Å². The van der Waals surface area contributed by atoms with Crippen LogP contribution in [0.5, 0.6) is 5.75 Å². The van der Waals surface area contributed by atoms with Crippen LogP contribution in [0.2, 0.25) is 0 Å². The first-order valence-electron chi connectivity index (χ1n) is 6.14. The first-order chi connectivity index (χ1) is 10.3. The lowest BCUT2D eigenvalue weighted by atomic mass is 10.2. The second kappa shape index (κ2) is 5.75. The SMILES string of the molecule is N#Cc1ccc(OCc2nc(NN)c3ccsc3n2)cc1. The Morgan fingerprint density at radius 1 is 1.24 bits per heavy atom. The Labute approximate surface area is 124 Å². The zero-order chi connectivity index (χ0) is 14.7. The van der Waals surface area contributed by atoms with E-state index < -0.39 is 0 Å².